The van der Waals surface area contributed by atoms with E-state index in [0.717, 1.165) is 25.2 Å². The first-order valence-corrected chi connectivity index (χ1v) is 6.93. The molecule has 1 aliphatic heterocycles. The first kappa shape index (κ1) is 13.8. The second kappa shape index (κ2) is 6.02. The molecule has 1 aromatic rings. The number of hydrogen-bond acceptors (Lipinski definition) is 2. The Balaban J connectivity index is 2.04. The molecule has 19 heavy (non-hydrogen) atoms. The topological polar surface area (TPSA) is 58.4 Å². The highest BCUT2D eigenvalue weighted by Crippen LogP contribution is 2.18. The van der Waals surface area contributed by atoms with Crippen molar-refractivity contribution in [3.05, 3.63) is 29.8 Å². The lowest BCUT2D eigenvalue weighted by molar-refractivity contribution is 0.0683. The molecule has 0 spiro atoms. The fourth-order valence-electron chi connectivity index (χ4n) is 2.39. The van der Waals surface area contributed by atoms with Crippen molar-refractivity contribution in [2.24, 2.45) is 11.7 Å². The van der Waals surface area contributed by atoms with Gasteiger partial charge in [-0.15, -0.1) is 0 Å². The molecule has 1 aliphatic rings. The summed E-state index contributed by atoms with van der Waals surface area (Å²) in [4.78, 5) is 14.3. The van der Waals surface area contributed by atoms with Crippen molar-refractivity contribution in [1.82, 2.24) is 4.90 Å². The summed E-state index contributed by atoms with van der Waals surface area (Å²) in [6.07, 6.45) is 2.30. The molecule has 1 saturated heterocycles. The van der Waals surface area contributed by atoms with Gasteiger partial charge in [-0.25, -0.2) is 0 Å². The molecule has 1 atom stereocenters. The Morgan fingerprint density at radius 3 is 2.68 bits per heavy atom. The predicted octanol–water partition coefficient (Wildman–Crippen LogP) is 2.21. The first-order valence-electron chi connectivity index (χ1n) is 6.52. The molecule has 3 N–H and O–H groups in total. The fraction of sp³-hybridized carbons (Fsp3) is 0.429. The number of carbonyl (C=O) groups is 1. The number of carbonyl (C=O) groups excluding carboxylic acids is 1. The maximum Gasteiger partial charge on any atom is 0.253 e. The van der Waals surface area contributed by atoms with Crippen LogP contribution in [0.4, 0.5) is 5.69 Å². The van der Waals surface area contributed by atoms with Gasteiger partial charge in [0, 0.05) is 24.3 Å². The van der Waals surface area contributed by atoms with Gasteiger partial charge in [0.2, 0.25) is 0 Å². The molecule has 0 bridgehead atoms. The van der Waals surface area contributed by atoms with E-state index in [1.165, 1.54) is 6.42 Å². The molecule has 0 radical (unpaired) electrons. The van der Waals surface area contributed by atoms with Crippen LogP contribution in [0.1, 0.15) is 30.1 Å². The Morgan fingerprint density at radius 2 is 2.11 bits per heavy atom. The summed E-state index contributed by atoms with van der Waals surface area (Å²) in [5, 5.41) is 3.07. The van der Waals surface area contributed by atoms with Crippen LogP contribution in [0.15, 0.2) is 24.3 Å². The highest BCUT2D eigenvalue weighted by atomic mass is 32.1. The number of likely N-dealkylation sites (tertiary alicyclic amines) is 1. The smallest absolute Gasteiger partial charge is 0.253 e. The van der Waals surface area contributed by atoms with Crippen LogP contribution in [0.5, 0.6) is 0 Å². The summed E-state index contributed by atoms with van der Waals surface area (Å²) in [6, 6.07) is 7.25. The largest absolute Gasteiger partial charge is 0.376 e. The average molecular weight is 277 g/mol. The van der Waals surface area contributed by atoms with E-state index in [2.05, 4.69) is 12.2 Å². The Bertz CT molecular complexity index is 472. The summed E-state index contributed by atoms with van der Waals surface area (Å²) >= 11 is 4.77. The molecule has 1 amide bonds. The van der Waals surface area contributed by atoms with Gasteiger partial charge in [-0.1, -0.05) is 6.92 Å². The van der Waals surface area contributed by atoms with Gasteiger partial charge in [0.15, 0.2) is 5.11 Å². The van der Waals surface area contributed by atoms with Gasteiger partial charge in [0.05, 0.1) is 0 Å². The lowest BCUT2D eigenvalue weighted by Crippen LogP contribution is -2.39. The number of amides is 1. The minimum Gasteiger partial charge on any atom is -0.376 e. The van der Waals surface area contributed by atoms with Gasteiger partial charge in [0.25, 0.3) is 5.91 Å². The Morgan fingerprint density at radius 1 is 1.42 bits per heavy atom. The minimum atomic E-state index is 0.105. The number of piperidine rings is 1. The van der Waals surface area contributed by atoms with Gasteiger partial charge in [-0.2, -0.15) is 0 Å². The summed E-state index contributed by atoms with van der Waals surface area (Å²) in [7, 11) is 0. The quantitative estimate of drug-likeness (QED) is 0.814. The molecule has 1 aromatic carbocycles. The lowest BCUT2D eigenvalue weighted by atomic mass is 9.99. The van der Waals surface area contributed by atoms with Crippen molar-refractivity contribution < 1.29 is 4.79 Å². The predicted molar refractivity (Wildman–Crippen MR) is 81.2 cm³/mol. The highest BCUT2D eigenvalue weighted by molar-refractivity contribution is 7.80. The average Bonchev–Trinajstić information content (AvgIpc) is 2.38. The van der Waals surface area contributed by atoms with E-state index in [9.17, 15) is 4.79 Å². The van der Waals surface area contributed by atoms with E-state index in [4.69, 9.17) is 18.0 Å². The molecule has 1 heterocycles. The maximum absolute atomic E-state index is 12.3. The monoisotopic (exact) mass is 277 g/mol. The maximum atomic E-state index is 12.3. The van der Waals surface area contributed by atoms with Crippen molar-refractivity contribution in [3.8, 4) is 0 Å². The summed E-state index contributed by atoms with van der Waals surface area (Å²) in [5.74, 6) is 0.696. The molecule has 1 fully saturated rings. The van der Waals surface area contributed by atoms with Crippen LogP contribution in [-0.4, -0.2) is 29.0 Å². The second-order valence-electron chi connectivity index (χ2n) is 5.07. The number of thiocarbonyl (C=S) groups is 1. The molecule has 102 valence electrons. The molecule has 5 heteroatoms. The third kappa shape index (κ3) is 3.67. The van der Waals surface area contributed by atoms with Crippen LogP contribution < -0.4 is 11.1 Å². The Hall–Kier alpha value is -1.62. The zero-order valence-corrected chi connectivity index (χ0v) is 11.9. The van der Waals surface area contributed by atoms with Crippen LogP contribution in [0.2, 0.25) is 0 Å². The van der Waals surface area contributed by atoms with E-state index in [-0.39, 0.29) is 11.0 Å². The summed E-state index contributed by atoms with van der Waals surface area (Å²) in [6.45, 7) is 3.90. The highest BCUT2D eigenvalue weighted by Gasteiger charge is 2.21. The molecular weight excluding hydrogens is 258 g/mol. The zero-order valence-electron chi connectivity index (χ0n) is 11.1. The van der Waals surface area contributed by atoms with E-state index < -0.39 is 0 Å². The first-order chi connectivity index (χ1) is 9.06. The number of rotatable bonds is 2. The van der Waals surface area contributed by atoms with Crippen LogP contribution in [0.3, 0.4) is 0 Å². The molecule has 4 nitrogen and oxygen atoms in total. The second-order valence-corrected chi connectivity index (χ2v) is 5.50. The normalized spacial score (nSPS) is 19.0. The number of anilines is 1. The van der Waals surface area contributed by atoms with Gasteiger partial charge in [0.1, 0.15) is 0 Å². The third-order valence-electron chi connectivity index (χ3n) is 3.34. The summed E-state index contributed by atoms with van der Waals surface area (Å²) in [5.41, 5.74) is 6.91. The van der Waals surface area contributed by atoms with Crippen molar-refractivity contribution in [2.45, 2.75) is 19.8 Å². The molecule has 1 unspecified atom stereocenters. The van der Waals surface area contributed by atoms with Crippen LogP contribution in [0.25, 0.3) is 0 Å². The minimum absolute atomic E-state index is 0.105. The standard InChI is InChI=1S/C14H19N3OS/c1-10-3-2-8-17(9-10)13(18)11-4-6-12(7-5-11)16-14(15)19/h4-7,10H,2-3,8-9H2,1H3,(H3,15,16,19). The van der Waals surface area contributed by atoms with Crippen molar-refractivity contribution in [2.75, 3.05) is 18.4 Å². The van der Waals surface area contributed by atoms with Gasteiger partial charge >= 0.3 is 0 Å². The van der Waals surface area contributed by atoms with Gasteiger partial charge < -0.3 is 16.0 Å². The SMILES string of the molecule is CC1CCCN(C(=O)c2ccc(NC(N)=S)cc2)C1. The lowest BCUT2D eigenvalue weighted by Gasteiger charge is -2.31. The molecule has 0 aliphatic carbocycles. The Labute approximate surface area is 119 Å². The van der Waals surface area contributed by atoms with Crippen LogP contribution in [-0.2, 0) is 0 Å². The third-order valence-corrected chi connectivity index (χ3v) is 3.45. The van der Waals surface area contributed by atoms with E-state index in [0.29, 0.717) is 11.5 Å². The van der Waals surface area contributed by atoms with E-state index >= 15 is 0 Å². The van der Waals surface area contributed by atoms with Crippen LogP contribution in [0, 0.1) is 5.92 Å². The van der Waals surface area contributed by atoms with Crippen molar-refractivity contribution in [3.63, 3.8) is 0 Å². The number of benzene rings is 1. The molecular formula is C14H19N3OS. The van der Waals surface area contributed by atoms with Gasteiger partial charge in [-0.3, -0.25) is 4.79 Å². The number of nitrogens with two attached hydrogens (primary N) is 1. The van der Waals surface area contributed by atoms with E-state index in [1.807, 2.05) is 29.2 Å². The van der Waals surface area contributed by atoms with Crippen molar-refractivity contribution >= 4 is 28.9 Å². The Kier molecular flexibility index (Phi) is 4.37. The summed E-state index contributed by atoms with van der Waals surface area (Å²) < 4.78 is 0. The van der Waals surface area contributed by atoms with E-state index in [1.54, 1.807) is 0 Å². The molecule has 0 saturated carbocycles. The van der Waals surface area contributed by atoms with Crippen LogP contribution >= 0.6 is 12.2 Å². The van der Waals surface area contributed by atoms with Crippen molar-refractivity contribution in [1.29, 1.82) is 0 Å². The zero-order chi connectivity index (χ0) is 13.8. The number of hydrogen-bond donors (Lipinski definition) is 2. The fourth-order valence-corrected chi connectivity index (χ4v) is 2.51. The van der Waals surface area contributed by atoms with Gasteiger partial charge in [-0.05, 0) is 55.2 Å². The number of nitrogens with one attached hydrogen (secondary N) is 1. The molecule has 2 rings (SSSR count). The number of nitrogens with zero attached hydrogens (tertiary/aromatic N) is 1. The molecule has 0 aromatic heterocycles.